The molecule has 168 valence electrons. The Morgan fingerprint density at radius 3 is 2.39 bits per heavy atom. The Hall–Kier alpha value is -3.49. The van der Waals surface area contributed by atoms with Crippen LogP contribution >= 0.6 is 23.4 Å². The number of rotatable bonds is 8. The second kappa shape index (κ2) is 10.4. The summed E-state index contributed by atoms with van der Waals surface area (Å²) in [6.07, 6.45) is 0. The van der Waals surface area contributed by atoms with Crippen LogP contribution in [0.3, 0.4) is 0 Å². The second-order valence-corrected chi connectivity index (χ2v) is 8.34. The first-order valence-corrected chi connectivity index (χ1v) is 11.4. The Labute approximate surface area is 200 Å². The van der Waals surface area contributed by atoms with Gasteiger partial charge in [0, 0.05) is 18.3 Å². The monoisotopic (exact) mass is 480 g/mol. The molecule has 1 amide bonds. The molecule has 0 saturated heterocycles. The minimum Gasteiger partial charge on any atom is -0.497 e. The van der Waals surface area contributed by atoms with E-state index in [0.29, 0.717) is 27.4 Å². The molecule has 3 aromatic carbocycles. The lowest BCUT2D eigenvalue weighted by molar-refractivity contribution is -0.113. The van der Waals surface area contributed by atoms with E-state index in [-0.39, 0.29) is 11.7 Å². The molecule has 0 fully saturated rings. The van der Waals surface area contributed by atoms with Crippen molar-refractivity contribution in [2.24, 2.45) is 7.05 Å². The summed E-state index contributed by atoms with van der Waals surface area (Å²) in [5, 5.41) is 12.5. The molecule has 0 saturated carbocycles. The van der Waals surface area contributed by atoms with E-state index in [2.05, 4.69) is 15.5 Å². The third-order valence-corrected chi connectivity index (χ3v) is 6.05. The van der Waals surface area contributed by atoms with Gasteiger partial charge in [0.05, 0.1) is 17.9 Å². The number of anilines is 1. The number of halogens is 1. The van der Waals surface area contributed by atoms with Crippen LogP contribution in [0.4, 0.5) is 5.69 Å². The molecule has 1 aromatic heterocycles. The van der Waals surface area contributed by atoms with Gasteiger partial charge in [-0.15, -0.1) is 10.2 Å². The van der Waals surface area contributed by atoms with Crippen molar-refractivity contribution in [2.75, 3.05) is 18.2 Å². The van der Waals surface area contributed by atoms with Crippen LogP contribution in [0.15, 0.2) is 78.0 Å². The number of nitrogens with one attached hydrogen (secondary N) is 1. The maximum Gasteiger partial charge on any atom is 0.234 e. The van der Waals surface area contributed by atoms with E-state index < -0.39 is 0 Å². The molecule has 0 unspecified atom stereocenters. The van der Waals surface area contributed by atoms with Gasteiger partial charge in [-0.25, -0.2) is 0 Å². The van der Waals surface area contributed by atoms with E-state index in [4.69, 9.17) is 21.1 Å². The van der Waals surface area contributed by atoms with Crippen molar-refractivity contribution in [3.63, 3.8) is 0 Å². The second-order valence-electron chi connectivity index (χ2n) is 6.99. The lowest BCUT2D eigenvalue weighted by atomic mass is 10.2. The first kappa shape index (κ1) is 22.7. The zero-order valence-corrected chi connectivity index (χ0v) is 19.6. The van der Waals surface area contributed by atoms with Crippen molar-refractivity contribution >= 4 is 35.0 Å². The number of carbonyl (C=O) groups excluding carboxylic acids is 1. The van der Waals surface area contributed by atoms with E-state index in [9.17, 15) is 4.79 Å². The summed E-state index contributed by atoms with van der Waals surface area (Å²) in [5.74, 6) is 2.75. The molecule has 4 rings (SSSR count). The van der Waals surface area contributed by atoms with Crippen LogP contribution in [-0.4, -0.2) is 33.5 Å². The van der Waals surface area contributed by atoms with Gasteiger partial charge >= 0.3 is 0 Å². The molecule has 0 aliphatic rings. The lowest BCUT2D eigenvalue weighted by Crippen LogP contribution is -2.14. The number of methoxy groups -OCH3 is 1. The summed E-state index contributed by atoms with van der Waals surface area (Å²) in [6.45, 7) is 0. The first-order valence-electron chi connectivity index (χ1n) is 10.0. The van der Waals surface area contributed by atoms with Crippen molar-refractivity contribution in [3.8, 4) is 28.6 Å². The van der Waals surface area contributed by atoms with Gasteiger partial charge < -0.3 is 19.4 Å². The largest absolute Gasteiger partial charge is 0.497 e. The molecule has 0 bridgehead atoms. The summed E-state index contributed by atoms with van der Waals surface area (Å²) >= 11 is 7.44. The summed E-state index contributed by atoms with van der Waals surface area (Å²) in [4.78, 5) is 12.4. The Morgan fingerprint density at radius 2 is 1.70 bits per heavy atom. The smallest absolute Gasteiger partial charge is 0.234 e. The normalized spacial score (nSPS) is 10.6. The van der Waals surface area contributed by atoms with E-state index in [1.54, 1.807) is 43.5 Å². The maximum absolute atomic E-state index is 12.4. The number of ether oxygens (including phenoxy) is 2. The van der Waals surface area contributed by atoms with Crippen molar-refractivity contribution < 1.29 is 14.3 Å². The molecule has 9 heteroatoms. The summed E-state index contributed by atoms with van der Waals surface area (Å²) in [6, 6.07) is 21.9. The maximum atomic E-state index is 12.4. The van der Waals surface area contributed by atoms with Gasteiger partial charge in [-0.2, -0.15) is 0 Å². The molecule has 0 spiro atoms. The summed E-state index contributed by atoms with van der Waals surface area (Å²) in [7, 11) is 3.50. The molecule has 0 aliphatic heterocycles. The molecule has 4 aromatic rings. The zero-order valence-electron chi connectivity index (χ0n) is 18.0. The van der Waals surface area contributed by atoms with Crippen LogP contribution < -0.4 is 14.8 Å². The van der Waals surface area contributed by atoms with E-state index >= 15 is 0 Å². The predicted molar refractivity (Wildman–Crippen MR) is 130 cm³/mol. The van der Waals surface area contributed by atoms with Crippen LogP contribution in [0.25, 0.3) is 11.4 Å². The van der Waals surface area contributed by atoms with Gasteiger partial charge in [-0.05, 0) is 60.7 Å². The highest BCUT2D eigenvalue weighted by Crippen LogP contribution is 2.29. The number of amides is 1. The third kappa shape index (κ3) is 5.66. The molecule has 33 heavy (non-hydrogen) atoms. The first-order chi connectivity index (χ1) is 16.0. The molecular weight excluding hydrogens is 460 g/mol. The average Bonchev–Trinajstić information content (AvgIpc) is 3.20. The minimum absolute atomic E-state index is 0.145. The molecular formula is C24H21ClN4O3S. The standard InChI is InChI=1S/C24H21ClN4O3S/c1-29-23(16-7-11-18(31-2)12-8-16)27-28-24(29)33-15-22(30)26-17-9-13-19(14-10-17)32-21-6-4-3-5-20(21)25/h3-14H,15H2,1-2H3,(H,26,30). The van der Waals surface area contributed by atoms with Crippen LogP contribution in [-0.2, 0) is 11.8 Å². The van der Waals surface area contributed by atoms with E-state index in [1.807, 2.05) is 48.0 Å². The number of aromatic nitrogens is 3. The van der Waals surface area contributed by atoms with Crippen LogP contribution in [0.2, 0.25) is 5.02 Å². The predicted octanol–water partition coefficient (Wildman–Crippen LogP) is 5.67. The fraction of sp³-hybridized carbons (Fsp3) is 0.125. The fourth-order valence-corrected chi connectivity index (χ4v) is 3.91. The van der Waals surface area contributed by atoms with E-state index in [0.717, 1.165) is 17.1 Å². The molecule has 1 N–H and O–H groups in total. The Balaban J connectivity index is 1.32. The number of carbonyl (C=O) groups is 1. The Morgan fingerprint density at radius 1 is 1.00 bits per heavy atom. The fourth-order valence-electron chi connectivity index (χ4n) is 3.02. The van der Waals surface area contributed by atoms with Crippen LogP contribution in [0.5, 0.6) is 17.2 Å². The number of hydrogen-bond donors (Lipinski definition) is 1. The summed E-state index contributed by atoms with van der Waals surface area (Å²) < 4.78 is 12.8. The molecule has 1 heterocycles. The third-order valence-electron chi connectivity index (χ3n) is 4.72. The lowest BCUT2D eigenvalue weighted by Gasteiger charge is -2.09. The van der Waals surface area contributed by atoms with Crippen molar-refractivity contribution in [3.05, 3.63) is 77.8 Å². The number of para-hydroxylation sites is 1. The Kier molecular flexibility index (Phi) is 7.16. The van der Waals surface area contributed by atoms with E-state index in [1.165, 1.54) is 11.8 Å². The zero-order chi connectivity index (χ0) is 23.2. The van der Waals surface area contributed by atoms with Gasteiger partial charge in [0.1, 0.15) is 17.2 Å². The average molecular weight is 481 g/mol. The number of hydrogen-bond acceptors (Lipinski definition) is 6. The number of thioether (sulfide) groups is 1. The van der Waals surface area contributed by atoms with Gasteiger partial charge in [-0.3, -0.25) is 4.79 Å². The molecule has 0 atom stereocenters. The van der Waals surface area contributed by atoms with Crippen LogP contribution in [0.1, 0.15) is 0 Å². The quantitative estimate of drug-likeness (QED) is 0.327. The van der Waals surface area contributed by atoms with Gasteiger partial charge in [0.15, 0.2) is 11.0 Å². The molecule has 0 aliphatic carbocycles. The van der Waals surface area contributed by atoms with Gasteiger partial charge in [0.2, 0.25) is 5.91 Å². The van der Waals surface area contributed by atoms with Crippen LogP contribution in [0, 0.1) is 0 Å². The van der Waals surface area contributed by atoms with Crippen molar-refractivity contribution in [1.82, 2.24) is 14.8 Å². The topological polar surface area (TPSA) is 78.3 Å². The van der Waals surface area contributed by atoms with Crippen molar-refractivity contribution in [2.45, 2.75) is 5.16 Å². The number of benzene rings is 3. The van der Waals surface area contributed by atoms with Gasteiger partial charge in [0.25, 0.3) is 0 Å². The minimum atomic E-state index is -0.145. The van der Waals surface area contributed by atoms with Gasteiger partial charge in [-0.1, -0.05) is 35.5 Å². The summed E-state index contributed by atoms with van der Waals surface area (Å²) in [5.41, 5.74) is 1.59. The highest BCUT2D eigenvalue weighted by atomic mass is 35.5. The number of nitrogens with zero attached hydrogens (tertiary/aromatic N) is 3. The highest BCUT2D eigenvalue weighted by Gasteiger charge is 2.13. The van der Waals surface area contributed by atoms with Crippen molar-refractivity contribution in [1.29, 1.82) is 0 Å². The Bertz CT molecular complexity index is 1240. The SMILES string of the molecule is COc1ccc(-c2nnc(SCC(=O)Nc3ccc(Oc4ccccc4Cl)cc3)n2C)cc1. The molecule has 7 nitrogen and oxygen atoms in total. The highest BCUT2D eigenvalue weighted by molar-refractivity contribution is 7.99. The molecule has 0 radical (unpaired) electrons.